The van der Waals surface area contributed by atoms with Gasteiger partial charge in [-0.25, -0.2) is 4.79 Å². The molecule has 7 heteroatoms. The monoisotopic (exact) mass is 430 g/mol. The predicted octanol–water partition coefficient (Wildman–Crippen LogP) is 2.98. The molecule has 0 spiro atoms. The zero-order valence-corrected chi connectivity index (χ0v) is 19.1. The number of benzene rings is 1. The van der Waals surface area contributed by atoms with E-state index in [0.29, 0.717) is 28.8 Å². The van der Waals surface area contributed by atoms with Crippen molar-refractivity contribution in [3.63, 3.8) is 0 Å². The van der Waals surface area contributed by atoms with E-state index in [1.54, 1.807) is 12.1 Å². The van der Waals surface area contributed by atoms with Crippen LogP contribution >= 0.6 is 0 Å². The molecule has 2 aliphatic rings. The number of aryl methyl sites for hydroxylation is 1. The summed E-state index contributed by atoms with van der Waals surface area (Å²) in [5, 5.41) is 2.96. The van der Waals surface area contributed by atoms with E-state index in [1.165, 1.54) is 13.5 Å². The van der Waals surface area contributed by atoms with Crippen molar-refractivity contribution >= 4 is 23.5 Å². The van der Waals surface area contributed by atoms with E-state index in [-0.39, 0.29) is 17.7 Å². The topological polar surface area (TPSA) is 75.7 Å². The lowest BCUT2D eigenvalue weighted by Gasteiger charge is -2.44. The number of carbonyl (C=O) groups is 3. The zero-order chi connectivity index (χ0) is 22.4. The molecule has 1 aromatic carbocycles. The molecule has 31 heavy (non-hydrogen) atoms. The number of methoxy groups -OCH3 is 1. The summed E-state index contributed by atoms with van der Waals surface area (Å²) in [5.41, 5.74) is 1.68. The molecule has 2 amide bonds. The number of likely N-dealkylation sites (N-methyl/N-ethyl adjacent to an activating group) is 1. The first-order valence-corrected chi connectivity index (χ1v) is 11.5. The van der Waals surface area contributed by atoms with Gasteiger partial charge in [-0.2, -0.15) is 0 Å². The molecule has 0 saturated carbocycles. The Balaban J connectivity index is 1.70. The van der Waals surface area contributed by atoms with Crippen molar-refractivity contribution < 1.29 is 23.6 Å². The maximum Gasteiger partial charge on any atom is 0.339 e. The van der Waals surface area contributed by atoms with E-state index >= 15 is 0 Å². The lowest BCUT2D eigenvalue weighted by molar-refractivity contribution is -0.925. The highest BCUT2D eigenvalue weighted by molar-refractivity contribution is 6.02. The van der Waals surface area contributed by atoms with Crippen LogP contribution in [0.5, 0.6) is 0 Å². The Morgan fingerprint density at radius 2 is 1.90 bits per heavy atom. The van der Waals surface area contributed by atoms with Crippen molar-refractivity contribution in [1.29, 1.82) is 0 Å². The highest BCUT2D eigenvalue weighted by atomic mass is 16.5. The van der Waals surface area contributed by atoms with Crippen LogP contribution in [0.25, 0.3) is 0 Å². The number of amides is 2. The van der Waals surface area contributed by atoms with Gasteiger partial charge in [-0.05, 0) is 57.6 Å². The number of nitrogens with zero attached hydrogens (tertiary/aromatic N) is 2. The van der Waals surface area contributed by atoms with E-state index in [9.17, 15) is 14.4 Å². The van der Waals surface area contributed by atoms with Crippen molar-refractivity contribution in [1.82, 2.24) is 4.90 Å². The van der Waals surface area contributed by atoms with Crippen molar-refractivity contribution in [2.75, 3.05) is 51.7 Å². The number of ether oxygens (including phenoxy) is 1. The SMILES string of the molecule is CC[N+]1(CC(=O)Nc2c(C)cccc2C(=O)OC)CCCC(C(=O)N2CCCCC2)C1. The van der Waals surface area contributed by atoms with Crippen LogP contribution in [0.3, 0.4) is 0 Å². The largest absolute Gasteiger partial charge is 0.465 e. The van der Waals surface area contributed by atoms with Gasteiger partial charge in [0, 0.05) is 13.1 Å². The Hall–Kier alpha value is -2.41. The third-order valence-corrected chi connectivity index (χ3v) is 6.90. The Morgan fingerprint density at radius 3 is 2.58 bits per heavy atom. The zero-order valence-electron chi connectivity index (χ0n) is 19.1. The van der Waals surface area contributed by atoms with Crippen molar-refractivity contribution in [2.24, 2.45) is 5.92 Å². The van der Waals surface area contributed by atoms with Crippen molar-refractivity contribution in [3.05, 3.63) is 29.3 Å². The maximum atomic E-state index is 13.1. The second-order valence-electron chi connectivity index (χ2n) is 8.98. The van der Waals surface area contributed by atoms with E-state index in [2.05, 4.69) is 12.2 Å². The minimum atomic E-state index is -0.469. The molecule has 0 aliphatic carbocycles. The molecule has 7 nitrogen and oxygen atoms in total. The number of rotatable bonds is 6. The number of anilines is 1. The Labute approximate surface area is 185 Å². The summed E-state index contributed by atoms with van der Waals surface area (Å²) in [7, 11) is 1.33. The normalized spacial score (nSPS) is 23.8. The van der Waals surface area contributed by atoms with Crippen LogP contribution in [0.15, 0.2) is 18.2 Å². The fourth-order valence-electron chi connectivity index (χ4n) is 5.04. The molecule has 3 rings (SSSR count). The number of hydrogen-bond donors (Lipinski definition) is 1. The summed E-state index contributed by atoms with van der Waals surface area (Å²) in [6, 6.07) is 5.30. The number of para-hydroxylation sites is 1. The van der Waals surface area contributed by atoms with Gasteiger partial charge in [0.1, 0.15) is 0 Å². The van der Waals surface area contributed by atoms with Gasteiger partial charge in [0.15, 0.2) is 6.54 Å². The fraction of sp³-hybridized carbons (Fsp3) is 0.625. The Morgan fingerprint density at radius 1 is 1.16 bits per heavy atom. The number of hydrogen-bond acceptors (Lipinski definition) is 4. The van der Waals surface area contributed by atoms with Gasteiger partial charge in [-0.15, -0.1) is 0 Å². The first-order valence-electron chi connectivity index (χ1n) is 11.5. The van der Waals surface area contributed by atoms with Gasteiger partial charge in [0.25, 0.3) is 5.91 Å². The molecule has 2 heterocycles. The first-order chi connectivity index (χ1) is 14.9. The third kappa shape index (κ3) is 5.45. The molecule has 2 fully saturated rings. The van der Waals surface area contributed by atoms with E-state index in [4.69, 9.17) is 4.74 Å². The number of piperidine rings is 2. The first kappa shape index (κ1) is 23.3. The van der Waals surface area contributed by atoms with Gasteiger partial charge in [-0.1, -0.05) is 12.1 Å². The fourth-order valence-corrected chi connectivity index (χ4v) is 5.04. The lowest BCUT2D eigenvalue weighted by atomic mass is 9.93. The molecule has 170 valence electrons. The average molecular weight is 431 g/mol. The number of nitrogens with one attached hydrogen (secondary N) is 1. The second-order valence-corrected chi connectivity index (χ2v) is 8.98. The summed E-state index contributed by atoms with van der Waals surface area (Å²) in [4.78, 5) is 40.3. The molecule has 1 N–H and O–H groups in total. The van der Waals surface area contributed by atoms with Crippen LogP contribution in [0.4, 0.5) is 5.69 Å². The Kier molecular flexibility index (Phi) is 7.70. The molecule has 0 bridgehead atoms. The van der Waals surface area contributed by atoms with Gasteiger partial charge >= 0.3 is 5.97 Å². The van der Waals surface area contributed by atoms with E-state index in [0.717, 1.165) is 57.4 Å². The Bertz CT molecular complexity index is 819. The molecule has 0 aromatic heterocycles. The van der Waals surface area contributed by atoms with Gasteiger partial charge in [0.05, 0.1) is 43.9 Å². The third-order valence-electron chi connectivity index (χ3n) is 6.90. The number of likely N-dealkylation sites (tertiary alicyclic amines) is 2. The highest BCUT2D eigenvalue weighted by Crippen LogP contribution is 2.27. The van der Waals surface area contributed by atoms with Gasteiger partial charge in [-0.3, -0.25) is 9.59 Å². The quantitative estimate of drug-likeness (QED) is 0.556. The number of esters is 1. The van der Waals surface area contributed by atoms with Crippen LogP contribution in [-0.4, -0.2) is 73.5 Å². The second kappa shape index (κ2) is 10.3. The minimum Gasteiger partial charge on any atom is -0.465 e. The molecule has 2 atom stereocenters. The van der Waals surface area contributed by atoms with Crippen molar-refractivity contribution in [2.45, 2.75) is 46.0 Å². The predicted molar refractivity (Wildman–Crippen MR) is 120 cm³/mol. The lowest BCUT2D eigenvalue weighted by Crippen LogP contribution is -2.59. The summed E-state index contributed by atoms with van der Waals surface area (Å²) in [6.45, 7) is 8.39. The smallest absolute Gasteiger partial charge is 0.339 e. The molecule has 0 radical (unpaired) electrons. The van der Waals surface area contributed by atoms with Crippen LogP contribution in [-0.2, 0) is 14.3 Å². The summed E-state index contributed by atoms with van der Waals surface area (Å²) in [5.74, 6) is -0.345. The minimum absolute atomic E-state index is 0.0105. The number of carbonyl (C=O) groups excluding carboxylic acids is 3. The average Bonchev–Trinajstić information content (AvgIpc) is 2.80. The summed E-state index contributed by atoms with van der Waals surface area (Å²) < 4.78 is 5.47. The molecular weight excluding hydrogens is 394 g/mol. The molecule has 1 aromatic rings. The number of quaternary nitrogens is 1. The molecular formula is C24H36N3O4+. The van der Waals surface area contributed by atoms with Crippen LogP contribution in [0.2, 0.25) is 0 Å². The van der Waals surface area contributed by atoms with Gasteiger partial charge in [0.2, 0.25) is 5.91 Å². The van der Waals surface area contributed by atoms with Crippen LogP contribution < -0.4 is 5.32 Å². The summed E-state index contributed by atoms with van der Waals surface area (Å²) >= 11 is 0. The molecule has 2 saturated heterocycles. The van der Waals surface area contributed by atoms with E-state index < -0.39 is 5.97 Å². The summed E-state index contributed by atoms with van der Waals surface area (Å²) in [6.07, 6.45) is 5.24. The van der Waals surface area contributed by atoms with Gasteiger partial charge < -0.3 is 19.4 Å². The maximum absolute atomic E-state index is 13.1. The van der Waals surface area contributed by atoms with Crippen molar-refractivity contribution in [3.8, 4) is 0 Å². The van der Waals surface area contributed by atoms with Crippen LogP contribution in [0, 0.1) is 12.8 Å². The van der Waals surface area contributed by atoms with E-state index in [1.807, 2.05) is 17.9 Å². The van der Waals surface area contributed by atoms with Crippen LogP contribution in [0.1, 0.15) is 54.9 Å². The molecule has 2 aliphatic heterocycles. The highest BCUT2D eigenvalue weighted by Gasteiger charge is 2.40. The standard InChI is InChI=1S/C24H35N3O4/c1-4-27(15-9-11-19(16-27)23(29)26-13-6-5-7-14-26)17-21(28)25-22-18(2)10-8-12-20(22)24(30)31-3/h8,10,12,19H,4-7,9,11,13-17H2,1-3H3/p+1. The molecule has 2 unspecified atom stereocenters.